The van der Waals surface area contributed by atoms with E-state index in [9.17, 15) is 4.79 Å². The third kappa shape index (κ3) is 2.07. The van der Waals surface area contributed by atoms with Gasteiger partial charge in [-0.1, -0.05) is 0 Å². The van der Waals surface area contributed by atoms with E-state index in [2.05, 4.69) is 5.32 Å². The molecule has 0 aromatic rings. The molecule has 2 saturated heterocycles. The molecule has 2 heterocycles. The molecule has 0 aliphatic carbocycles. The fourth-order valence-corrected chi connectivity index (χ4v) is 2.28. The summed E-state index contributed by atoms with van der Waals surface area (Å²) < 4.78 is 10.5. The van der Waals surface area contributed by atoms with Gasteiger partial charge >= 0.3 is 5.97 Å². The van der Waals surface area contributed by atoms with E-state index in [-0.39, 0.29) is 5.97 Å². The maximum absolute atomic E-state index is 11.1. The Morgan fingerprint density at radius 1 is 1.57 bits per heavy atom. The van der Waals surface area contributed by atoms with Crippen LogP contribution in [0.2, 0.25) is 0 Å². The van der Waals surface area contributed by atoms with Gasteiger partial charge in [0, 0.05) is 6.04 Å². The molecule has 0 aromatic heterocycles. The van der Waals surface area contributed by atoms with Crippen molar-refractivity contribution < 1.29 is 14.3 Å². The first-order valence-corrected chi connectivity index (χ1v) is 5.34. The van der Waals surface area contributed by atoms with Crippen LogP contribution in [0.15, 0.2) is 0 Å². The number of carbonyl (C=O) groups excluding carboxylic acids is 1. The van der Waals surface area contributed by atoms with Gasteiger partial charge in [0.15, 0.2) is 0 Å². The first-order valence-electron chi connectivity index (χ1n) is 5.34. The molecule has 14 heavy (non-hydrogen) atoms. The van der Waals surface area contributed by atoms with Gasteiger partial charge in [0.1, 0.15) is 0 Å². The van der Waals surface area contributed by atoms with Crippen molar-refractivity contribution >= 4 is 5.97 Å². The lowest BCUT2D eigenvalue weighted by Gasteiger charge is -2.19. The second-order valence-electron chi connectivity index (χ2n) is 3.90. The lowest BCUT2D eigenvalue weighted by Crippen LogP contribution is -2.40. The van der Waals surface area contributed by atoms with Crippen molar-refractivity contribution in [2.75, 3.05) is 13.2 Å². The summed E-state index contributed by atoms with van der Waals surface area (Å²) in [6.07, 6.45) is 4.12. The van der Waals surface area contributed by atoms with E-state index >= 15 is 0 Å². The van der Waals surface area contributed by atoms with Crippen LogP contribution in [0, 0.1) is 0 Å². The monoisotopic (exact) mass is 199 g/mol. The highest BCUT2D eigenvalue weighted by Gasteiger charge is 2.40. The fourth-order valence-electron chi connectivity index (χ4n) is 2.28. The first kappa shape index (κ1) is 9.93. The Morgan fingerprint density at radius 3 is 3.00 bits per heavy atom. The Morgan fingerprint density at radius 2 is 2.43 bits per heavy atom. The van der Waals surface area contributed by atoms with Crippen molar-refractivity contribution in [2.24, 2.45) is 0 Å². The smallest absolute Gasteiger partial charge is 0.319 e. The van der Waals surface area contributed by atoms with Gasteiger partial charge in [-0.15, -0.1) is 0 Å². The van der Waals surface area contributed by atoms with Crippen LogP contribution in [0.5, 0.6) is 0 Å². The van der Waals surface area contributed by atoms with Crippen LogP contribution >= 0.6 is 0 Å². The van der Waals surface area contributed by atoms with Crippen LogP contribution in [0.3, 0.4) is 0 Å². The molecule has 0 spiro atoms. The molecule has 2 fully saturated rings. The highest BCUT2D eigenvalue weighted by atomic mass is 16.5. The summed E-state index contributed by atoms with van der Waals surface area (Å²) in [5, 5.41) is 3.20. The molecule has 2 aliphatic heterocycles. The number of ether oxygens (including phenoxy) is 2. The molecule has 2 aliphatic rings. The normalized spacial score (nSPS) is 34.8. The second-order valence-corrected chi connectivity index (χ2v) is 3.90. The molecule has 3 atom stereocenters. The predicted molar refractivity (Wildman–Crippen MR) is 50.9 cm³/mol. The minimum absolute atomic E-state index is 0.171. The molecule has 1 N–H and O–H groups in total. The predicted octanol–water partition coefficient (Wildman–Crippen LogP) is 0.459. The highest BCUT2D eigenvalue weighted by molar-refractivity contribution is 5.71. The van der Waals surface area contributed by atoms with E-state index in [1.165, 1.54) is 6.42 Å². The average Bonchev–Trinajstić information content (AvgIpc) is 2.76. The Balaban J connectivity index is 1.69. The lowest BCUT2D eigenvalue weighted by molar-refractivity contribution is -0.142. The third-order valence-electron chi connectivity index (χ3n) is 2.92. The quantitative estimate of drug-likeness (QED) is 0.668. The molecule has 4 heteroatoms. The van der Waals surface area contributed by atoms with E-state index in [0.717, 1.165) is 12.8 Å². The summed E-state index contributed by atoms with van der Waals surface area (Å²) >= 11 is 0. The molecule has 0 amide bonds. The van der Waals surface area contributed by atoms with Gasteiger partial charge in [-0.2, -0.15) is 0 Å². The topological polar surface area (TPSA) is 47.6 Å². The van der Waals surface area contributed by atoms with E-state index in [0.29, 0.717) is 31.4 Å². The molecule has 3 unspecified atom stereocenters. The van der Waals surface area contributed by atoms with Crippen LogP contribution in [-0.2, 0) is 14.3 Å². The number of rotatable bonds is 4. The van der Waals surface area contributed by atoms with E-state index < -0.39 is 0 Å². The van der Waals surface area contributed by atoms with Gasteiger partial charge in [0.2, 0.25) is 0 Å². The number of hydrogen-bond acceptors (Lipinski definition) is 4. The molecule has 0 radical (unpaired) electrons. The van der Waals surface area contributed by atoms with Crippen molar-refractivity contribution in [2.45, 2.75) is 44.4 Å². The van der Waals surface area contributed by atoms with Crippen molar-refractivity contribution in [3.8, 4) is 0 Å². The number of esters is 1. The molecule has 2 bridgehead atoms. The zero-order valence-corrected chi connectivity index (χ0v) is 8.49. The summed E-state index contributed by atoms with van der Waals surface area (Å²) in [5.74, 6) is -0.171. The highest BCUT2D eigenvalue weighted by Crippen LogP contribution is 2.34. The Bertz CT molecular complexity index is 219. The summed E-state index contributed by atoms with van der Waals surface area (Å²) in [6.45, 7) is 2.58. The van der Waals surface area contributed by atoms with Gasteiger partial charge < -0.3 is 14.8 Å². The SMILES string of the molecule is CCOC(=O)CNC1CC2CCC1O2. The van der Waals surface area contributed by atoms with Gasteiger partial charge in [-0.3, -0.25) is 4.79 Å². The molecular formula is C10H17NO3. The van der Waals surface area contributed by atoms with Crippen molar-refractivity contribution in [1.29, 1.82) is 0 Å². The average molecular weight is 199 g/mol. The van der Waals surface area contributed by atoms with Crippen molar-refractivity contribution in [1.82, 2.24) is 5.32 Å². The Hall–Kier alpha value is -0.610. The number of fused-ring (bicyclic) bond motifs is 2. The molecule has 0 saturated carbocycles. The first-order chi connectivity index (χ1) is 6.79. The lowest BCUT2D eigenvalue weighted by atomic mass is 9.95. The molecular weight excluding hydrogens is 182 g/mol. The number of hydrogen-bond donors (Lipinski definition) is 1. The van der Waals surface area contributed by atoms with Crippen molar-refractivity contribution in [3.63, 3.8) is 0 Å². The zero-order chi connectivity index (χ0) is 9.97. The summed E-state index contributed by atoms with van der Waals surface area (Å²) in [6, 6.07) is 0.359. The number of carbonyl (C=O) groups is 1. The summed E-state index contributed by atoms with van der Waals surface area (Å²) in [5.41, 5.74) is 0. The van der Waals surface area contributed by atoms with Crippen LogP contribution in [0.4, 0.5) is 0 Å². The van der Waals surface area contributed by atoms with Crippen LogP contribution in [0.25, 0.3) is 0 Å². The fraction of sp³-hybridized carbons (Fsp3) is 0.900. The Labute approximate surface area is 84.0 Å². The molecule has 0 aromatic carbocycles. The van der Waals surface area contributed by atoms with Gasteiger partial charge in [-0.25, -0.2) is 0 Å². The van der Waals surface area contributed by atoms with Crippen LogP contribution in [-0.4, -0.2) is 37.4 Å². The molecule has 2 rings (SSSR count). The molecule has 80 valence electrons. The van der Waals surface area contributed by atoms with Crippen molar-refractivity contribution in [3.05, 3.63) is 0 Å². The maximum Gasteiger partial charge on any atom is 0.319 e. The maximum atomic E-state index is 11.1. The Kier molecular flexibility index (Phi) is 3.03. The van der Waals surface area contributed by atoms with Gasteiger partial charge in [0.05, 0.1) is 25.4 Å². The number of nitrogens with one attached hydrogen (secondary N) is 1. The van der Waals surface area contributed by atoms with E-state index in [1.54, 1.807) is 0 Å². The summed E-state index contributed by atoms with van der Waals surface area (Å²) in [4.78, 5) is 11.1. The van der Waals surface area contributed by atoms with E-state index in [4.69, 9.17) is 9.47 Å². The largest absolute Gasteiger partial charge is 0.465 e. The zero-order valence-electron chi connectivity index (χ0n) is 8.49. The molecule has 4 nitrogen and oxygen atoms in total. The standard InChI is InChI=1S/C10H17NO3/c1-2-13-10(12)6-11-8-5-7-3-4-9(8)14-7/h7-9,11H,2-6H2,1H3. The second kappa shape index (κ2) is 4.28. The third-order valence-corrected chi connectivity index (χ3v) is 2.92. The summed E-state index contributed by atoms with van der Waals surface area (Å²) in [7, 11) is 0. The minimum atomic E-state index is -0.171. The van der Waals surface area contributed by atoms with E-state index in [1.807, 2.05) is 6.92 Å². The van der Waals surface area contributed by atoms with Crippen LogP contribution < -0.4 is 5.32 Å². The van der Waals surface area contributed by atoms with Gasteiger partial charge in [-0.05, 0) is 26.2 Å². The van der Waals surface area contributed by atoms with Gasteiger partial charge in [0.25, 0.3) is 0 Å². The minimum Gasteiger partial charge on any atom is -0.465 e. The van der Waals surface area contributed by atoms with Crippen LogP contribution in [0.1, 0.15) is 26.2 Å².